The van der Waals surface area contributed by atoms with Crippen molar-refractivity contribution in [1.82, 2.24) is 4.98 Å². The lowest BCUT2D eigenvalue weighted by Gasteiger charge is -2.32. The van der Waals surface area contributed by atoms with Gasteiger partial charge in [-0.15, -0.1) is 11.3 Å². The Morgan fingerprint density at radius 3 is 3.19 bits per heavy atom. The molecule has 0 aliphatic carbocycles. The van der Waals surface area contributed by atoms with E-state index in [9.17, 15) is 4.79 Å². The van der Waals surface area contributed by atoms with Gasteiger partial charge in [0.25, 0.3) is 0 Å². The molecule has 2 aromatic heterocycles. The number of ether oxygens (including phenoxy) is 2. The molecule has 5 nitrogen and oxygen atoms in total. The maximum atomic E-state index is 11.6. The lowest BCUT2D eigenvalue weighted by molar-refractivity contribution is 0.0421. The second-order valence-corrected chi connectivity index (χ2v) is 6.74. The average Bonchev–Trinajstić information content (AvgIpc) is 3.16. The molecule has 1 fully saturated rings. The van der Waals surface area contributed by atoms with E-state index < -0.39 is 5.97 Å². The van der Waals surface area contributed by atoms with Crippen LogP contribution in [0.5, 0.6) is 0 Å². The predicted octanol–water partition coefficient (Wildman–Crippen LogP) is 3.22. The van der Waals surface area contributed by atoms with Gasteiger partial charge in [0.15, 0.2) is 15.2 Å². The van der Waals surface area contributed by atoms with E-state index in [0.717, 1.165) is 11.7 Å². The van der Waals surface area contributed by atoms with Gasteiger partial charge in [-0.3, -0.25) is 0 Å². The van der Waals surface area contributed by atoms with Crippen LogP contribution >= 0.6 is 34.3 Å². The summed E-state index contributed by atoms with van der Waals surface area (Å²) >= 11 is 8.95. The molecule has 21 heavy (non-hydrogen) atoms. The third-order valence-electron chi connectivity index (χ3n) is 3.14. The molecule has 0 bridgehead atoms. The van der Waals surface area contributed by atoms with Crippen LogP contribution in [-0.4, -0.2) is 37.8 Å². The number of anilines is 1. The summed E-state index contributed by atoms with van der Waals surface area (Å²) in [5.41, 5.74) is 0. The van der Waals surface area contributed by atoms with E-state index in [1.165, 1.54) is 23.3 Å². The summed E-state index contributed by atoms with van der Waals surface area (Å²) in [6.07, 6.45) is 0.0306. The average molecular weight is 345 g/mol. The lowest BCUT2D eigenvalue weighted by atomic mass is 10.2. The van der Waals surface area contributed by atoms with Crippen molar-refractivity contribution in [2.24, 2.45) is 0 Å². The van der Waals surface area contributed by atoms with Gasteiger partial charge in [0, 0.05) is 11.4 Å². The number of carbonyl (C=O) groups is 1. The Balaban J connectivity index is 1.79. The number of thiophene rings is 1. The van der Waals surface area contributed by atoms with Crippen molar-refractivity contribution in [3.63, 3.8) is 0 Å². The molecule has 1 aliphatic rings. The highest BCUT2D eigenvalue weighted by Crippen LogP contribution is 2.34. The molecule has 1 aliphatic heterocycles. The molecule has 112 valence electrons. The molecule has 0 radical (unpaired) electrons. The van der Waals surface area contributed by atoms with Crippen LogP contribution in [0.15, 0.2) is 17.5 Å². The fourth-order valence-corrected chi connectivity index (χ4v) is 4.11. The van der Waals surface area contributed by atoms with Crippen molar-refractivity contribution >= 4 is 45.4 Å². The van der Waals surface area contributed by atoms with Gasteiger partial charge < -0.3 is 14.4 Å². The van der Waals surface area contributed by atoms with Crippen LogP contribution in [0.2, 0.25) is 5.15 Å². The SMILES string of the molecule is COC(=O)c1sc(N2CCOC(c3cccs3)C2)nc1Cl. The third-order valence-corrected chi connectivity index (χ3v) is 5.59. The number of methoxy groups -OCH3 is 1. The molecule has 0 N–H and O–H groups in total. The first-order valence-electron chi connectivity index (χ1n) is 6.33. The third kappa shape index (κ3) is 3.06. The zero-order chi connectivity index (χ0) is 14.8. The maximum absolute atomic E-state index is 11.6. The van der Waals surface area contributed by atoms with Crippen molar-refractivity contribution in [3.05, 3.63) is 32.4 Å². The van der Waals surface area contributed by atoms with E-state index in [1.54, 1.807) is 11.3 Å². The number of thiazole rings is 1. The van der Waals surface area contributed by atoms with Crippen molar-refractivity contribution < 1.29 is 14.3 Å². The Labute approximate surface area is 135 Å². The van der Waals surface area contributed by atoms with Gasteiger partial charge in [0.2, 0.25) is 0 Å². The van der Waals surface area contributed by atoms with Gasteiger partial charge >= 0.3 is 5.97 Å². The molecule has 1 saturated heterocycles. The summed E-state index contributed by atoms with van der Waals surface area (Å²) in [5, 5.41) is 2.96. The van der Waals surface area contributed by atoms with Crippen LogP contribution in [0.4, 0.5) is 5.13 Å². The second-order valence-electron chi connectivity index (χ2n) is 4.43. The molecule has 0 aromatic carbocycles. The topological polar surface area (TPSA) is 51.7 Å². The smallest absolute Gasteiger partial charge is 0.351 e. The van der Waals surface area contributed by atoms with Gasteiger partial charge in [-0.05, 0) is 11.4 Å². The van der Waals surface area contributed by atoms with Gasteiger partial charge in [-0.1, -0.05) is 29.0 Å². The van der Waals surface area contributed by atoms with E-state index in [-0.39, 0.29) is 11.3 Å². The van der Waals surface area contributed by atoms with Crippen LogP contribution < -0.4 is 4.90 Å². The molecule has 2 aromatic rings. The zero-order valence-electron chi connectivity index (χ0n) is 11.2. The number of esters is 1. The molecule has 8 heteroatoms. The highest BCUT2D eigenvalue weighted by atomic mass is 35.5. The second kappa shape index (κ2) is 6.31. The first kappa shape index (κ1) is 14.8. The number of hydrogen-bond donors (Lipinski definition) is 0. The van der Waals surface area contributed by atoms with Crippen molar-refractivity contribution in [1.29, 1.82) is 0 Å². The fraction of sp³-hybridized carbons (Fsp3) is 0.385. The number of morpholine rings is 1. The zero-order valence-corrected chi connectivity index (χ0v) is 13.6. The Morgan fingerprint density at radius 2 is 2.48 bits per heavy atom. The van der Waals surface area contributed by atoms with Crippen LogP contribution in [0.3, 0.4) is 0 Å². The van der Waals surface area contributed by atoms with E-state index in [1.807, 2.05) is 11.4 Å². The number of carbonyl (C=O) groups excluding carboxylic acids is 1. The van der Waals surface area contributed by atoms with Crippen LogP contribution in [0.25, 0.3) is 0 Å². The Morgan fingerprint density at radius 1 is 1.62 bits per heavy atom. The Bertz CT molecular complexity index is 629. The number of aromatic nitrogens is 1. The van der Waals surface area contributed by atoms with Crippen LogP contribution in [0, 0.1) is 0 Å². The van der Waals surface area contributed by atoms with Gasteiger partial charge in [0.05, 0.1) is 20.3 Å². The molecule has 3 heterocycles. The highest BCUT2D eigenvalue weighted by molar-refractivity contribution is 7.18. The van der Waals surface area contributed by atoms with E-state index in [0.29, 0.717) is 18.0 Å². The number of hydrogen-bond acceptors (Lipinski definition) is 7. The first-order valence-corrected chi connectivity index (χ1v) is 8.41. The summed E-state index contributed by atoms with van der Waals surface area (Å²) in [6, 6.07) is 4.07. The highest BCUT2D eigenvalue weighted by Gasteiger charge is 2.27. The van der Waals surface area contributed by atoms with Gasteiger partial charge in [-0.25, -0.2) is 9.78 Å². The summed E-state index contributed by atoms with van der Waals surface area (Å²) in [4.78, 5) is 19.5. The minimum atomic E-state index is -0.452. The summed E-state index contributed by atoms with van der Waals surface area (Å²) in [7, 11) is 1.33. The van der Waals surface area contributed by atoms with Crippen LogP contribution in [-0.2, 0) is 9.47 Å². The first-order chi connectivity index (χ1) is 10.2. The number of halogens is 1. The molecule has 0 amide bonds. The monoisotopic (exact) mass is 344 g/mol. The molecular formula is C13H13ClN2O3S2. The van der Waals surface area contributed by atoms with Crippen molar-refractivity contribution in [2.75, 3.05) is 31.7 Å². The molecule has 1 atom stereocenters. The van der Waals surface area contributed by atoms with Gasteiger partial charge in [-0.2, -0.15) is 0 Å². The quantitative estimate of drug-likeness (QED) is 0.800. The van der Waals surface area contributed by atoms with Gasteiger partial charge in [0.1, 0.15) is 6.10 Å². The predicted molar refractivity (Wildman–Crippen MR) is 83.7 cm³/mol. The molecule has 3 rings (SSSR count). The Hall–Kier alpha value is -1.15. The number of rotatable bonds is 3. The molecular weight excluding hydrogens is 332 g/mol. The standard InChI is InChI=1S/C13H13ClN2O3S2/c1-18-12(17)10-11(14)15-13(21-10)16-4-5-19-8(7-16)9-3-2-6-20-9/h2-3,6,8H,4-5,7H2,1H3. The van der Waals surface area contributed by atoms with Crippen LogP contribution in [0.1, 0.15) is 20.7 Å². The summed E-state index contributed by atoms with van der Waals surface area (Å²) in [6.45, 7) is 2.05. The largest absolute Gasteiger partial charge is 0.465 e. The van der Waals surface area contributed by atoms with E-state index >= 15 is 0 Å². The number of nitrogens with zero attached hydrogens (tertiary/aromatic N) is 2. The van der Waals surface area contributed by atoms with Crippen molar-refractivity contribution in [3.8, 4) is 0 Å². The van der Waals surface area contributed by atoms with E-state index in [2.05, 4.69) is 16.0 Å². The molecule has 0 saturated carbocycles. The lowest BCUT2D eigenvalue weighted by Crippen LogP contribution is -2.38. The molecule has 0 spiro atoms. The minimum Gasteiger partial charge on any atom is -0.465 e. The fourth-order valence-electron chi connectivity index (χ4n) is 2.11. The summed E-state index contributed by atoms with van der Waals surface area (Å²) < 4.78 is 10.5. The normalized spacial score (nSPS) is 18.8. The van der Waals surface area contributed by atoms with Crippen molar-refractivity contribution in [2.45, 2.75) is 6.10 Å². The molecule has 1 unspecified atom stereocenters. The van der Waals surface area contributed by atoms with E-state index in [4.69, 9.17) is 21.1 Å². The Kier molecular flexibility index (Phi) is 4.44. The minimum absolute atomic E-state index is 0.0306. The maximum Gasteiger partial charge on any atom is 0.351 e. The summed E-state index contributed by atoms with van der Waals surface area (Å²) in [5.74, 6) is -0.452.